The van der Waals surface area contributed by atoms with E-state index in [1.54, 1.807) is 0 Å². The fourth-order valence-electron chi connectivity index (χ4n) is 3.61. The van der Waals surface area contributed by atoms with Crippen LogP contribution in [0, 0.1) is 17.3 Å². The molecule has 1 spiro atoms. The molecule has 0 aromatic heterocycles. The van der Waals surface area contributed by atoms with Crippen molar-refractivity contribution in [2.45, 2.75) is 47.5 Å². The Hall–Kier alpha value is -1.98. The molecule has 2 rings (SSSR count). The first-order chi connectivity index (χ1) is 10.1. The molecule has 0 bridgehead atoms. The summed E-state index contributed by atoms with van der Waals surface area (Å²) >= 11 is 0. The Labute approximate surface area is 130 Å². The van der Waals surface area contributed by atoms with Crippen LogP contribution in [0.5, 0.6) is 0 Å². The first kappa shape index (κ1) is 16.4. The molecular formula is C16H22N2O4. The van der Waals surface area contributed by atoms with Gasteiger partial charge >= 0.3 is 0 Å². The van der Waals surface area contributed by atoms with Crippen molar-refractivity contribution in [1.29, 1.82) is 0 Å². The Morgan fingerprint density at radius 1 is 1.14 bits per heavy atom. The van der Waals surface area contributed by atoms with E-state index in [0.29, 0.717) is 16.4 Å². The molecule has 120 valence electrons. The van der Waals surface area contributed by atoms with Gasteiger partial charge in [-0.25, -0.2) is 0 Å². The Balaban J connectivity index is 2.62. The lowest BCUT2D eigenvalue weighted by Crippen LogP contribution is -2.47. The predicted octanol–water partition coefficient (Wildman–Crippen LogP) is 1.66. The van der Waals surface area contributed by atoms with Crippen molar-refractivity contribution in [1.82, 2.24) is 10.0 Å². The molecule has 1 atom stereocenters. The Kier molecular flexibility index (Phi) is 3.98. The van der Waals surface area contributed by atoms with Gasteiger partial charge in [-0.3, -0.25) is 19.2 Å². The number of hydrogen-bond donors (Lipinski definition) is 0. The zero-order valence-electron chi connectivity index (χ0n) is 13.7. The molecule has 2 aliphatic rings. The molecule has 1 heterocycles. The van der Waals surface area contributed by atoms with Crippen LogP contribution in [0.25, 0.3) is 0 Å². The predicted molar refractivity (Wildman–Crippen MR) is 78.8 cm³/mol. The maximum Gasteiger partial charge on any atom is 0.265 e. The monoisotopic (exact) mass is 306 g/mol. The van der Waals surface area contributed by atoms with Gasteiger partial charge in [0, 0.05) is 13.8 Å². The molecule has 0 radical (unpaired) electrons. The number of hydrazine groups is 1. The van der Waals surface area contributed by atoms with Crippen LogP contribution in [0.3, 0.4) is 0 Å². The summed E-state index contributed by atoms with van der Waals surface area (Å²) in [7, 11) is 0. The molecule has 1 fully saturated rings. The van der Waals surface area contributed by atoms with Gasteiger partial charge in [-0.05, 0) is 31.6 Å². The molecule has 1 aliphatic heterocycles. The summed E-state index contributed by atoms with van der Waals surface area (Å²) in [5.74, 6) is -2.50. The fraction of sp³-hybridized carbons (Fsp3) is 0.625. The minimum atomic E-state index is -1.33. The molecule has 0 aromatic rings. The van der Waals surface area contributed by atoms with E-state index in [1.807, 2.05) is 26.8 Å². The minimum absolute atomic E-state index is 0.0808. The number of imide groups is 2. The van der Waals surface area contributed by atoms with E-state index in [2.05, 4.69) is 0 Å². The molecule has 1 unspecified atom stereocenters. The van der Waals surface area contributed by atoms with Crippen molar-refractivity contribution < 1.29 is 19.2 Å². The van der Waals surface area contributed by atoms with Gasteiger partial charge in [0.15, 0.2) is 0 Å². The van der Waals surface area contributed by atoms with Gasteiger partial charge in [0.2, 0.25) is 11.8 Å². The maximum atomic E-state index is 12.9. The summed E-state index contributed by atoms with van der Waals surface area (Å²) in [6, 6.07) is 0. The largest absolute Gasteiger partial charge is 0.273 e. The molecule has 1 saturated heterocycles. The standard InChI is InChI=1S/C16H22N2O4/c1-9(2)13-8-10(3)6-7-16(13)14(21)17(11(4)19)18(12(5)20)15(16)22/h6,9,13H,7-8H2,1-5H3. The quantitative estimate of drug-likeness (QED) is 0.545. The molecule has 1 aliphatic carbocycles. The second-order valence-electron chi connectivity index (χ2n) is 6.55. The third-order valence-electron chi connectivity index (χ3n) is 4.70. The van der Waals surface area contributed by atoms with Gasteiger partial charge in [0.25, 0.3) is 11.8 Å². The third-order valence-corrected chi connectivity index (χ3v) is 4.70. The normalized spacial score (nSPS) is 24.3. The minimum Gasteiger partial charge on any atom is -0.273 e. The first-order valence-corrected chi connectivity index (χ1v) is 7.50. The number of hydrogen-bond acceptors (Lipinski definition) is 4. The van der Waals surface area contributed by atoms with Gasteiger partial charge in [0.1, 0.15) is 5.41 Å². The second kappa shape index (κ2) is 5.34. The van der Waals surface area contributed by atoms with E-state index < -0.39 is 29.0 Å². The molecule has 6 heteroatoms. The van der Waals surface area contributed by atoms with E-state index in [0.717, 1.165) is 5.57 Å². The average Bonchev–Trinajstić information content (AvgIpc) is 2.63. The van der Waals surface area contributed by atoms with Crippen LogP contribution < -0.4 is 0 Å². The van der Waals surface area contributed by atoms with Crippen molar-refractivity contribution >= 4 is 23.6 Å². The molecule has 6 nitrogen and oxygen atoms in total. The maximum absolute atomic E-state index is 12.9. The number of carbonyl (C=O) groups excluding carboxylic acids is 4. The van der Waals surface area contributed by atoms with Gasteiger partial charge in [-0.1, -0.05) is 25.5 Å². The van der Waals surface area contributed by atoms with Gasteiger partial charge in [0.05, 0.1) is 0 Å². The number of carbonyl (C=O) groups is 4. The van der Waals surface area contributed by atoms with E-state index in [1.165, 1.54) is 13.8 Å². The zero-order valence-corrected chi connectivity index (χ0v) is 13.7. The van der Waals surface area contributed by atoms with Crippen molar-refractivity contribution in [2.75, 3.05) is 0 Å². The number of amides is 4. The second-order valence-corrected chi connectivity index (χ2v) is 6.55. The van der Waals surface area contributed by atoms with E-state index in [-0.39, 0.29) is 18.3 Å². The summed E-state index contributed by atoms with van der Waals surface area (Å²) in [4.78, 5) is 49.5. The lowest BCUT2D eigenvalue weighted by molar-refractivity contribution is -0.168. The summed E-state index contributed by atoms with van der Waals surface area (Å²) < 4.78 is 0. The number of nitrogens with zero attached hydrogens (tertiary/aromatic N) is 2. The Bertz CT molecular complexity index is 559. The van der Waals surface area contributed by atoms with Crippen molar-refractivity contribution in [3.8, 4) is 0 Å². The van der Waals surface area contributed by atoms with Gasteiger partial charge < -0.3 is 0 Å². The number of allylic oxidation sites excluding steroid dienone is 2. The molecule has 4 amide bonds. The molecule has 0 saturated carbocycles. The van der Waals surface area contributed by atoms with Crippen molar-refractivity contribution in [3.05, 3.63) is 11.6 Å². The van der Waals surface area contributed by atoms with E-state index >= 15 is 0 Å². The topological polar surface area (TPSA) is 74.8 Å². The zero-order chi connectivity index (χ0) is 16.8. The lowest BCUT2D eigenvalue weighted by Gasteiger charge is -2.38. The van der Waals surface area contributed by atoms with Crippen LogP contribution in [0.1, 0.15) is 47.5 Å². The Morgan fingerprint density at radius 2 is 1.59 bits per heavy atom. The molecular weight excluding hydrogens is 284 g/mol. The smallest absolute Gasteiger partial charge is 0.265 e. The summed E-state index contributed by atoms with van der Waals surface area (Å²) in [6.07, 6.45) is 2.73. The molecule has 0 aromatic carbocycles. The highest BCUT2D eigenvalue weighted by Gasteiger charge is 2.64. The average molecular weight is 306 g/mol. The van der Waals surface area contributed by atoms with E-state index in [4.69, 9.17) is 0 Å². The first-order valence-electron chi connectivity index (χ1n) is 7.50. The Morgan fingerprint density at radius 3 is 1.95 bits per heavy atom. The number of rotatable bonds is 1. The third kappa shape index (κ3) is 2.09. The highest BCUT2D eigenvalue weighted by Crippen LogP contribution is 2.50. The van der Waals surface area contributed by atoms with E-state index in [9.17, 15) is 19.2 Å². The summed E-state index contributed by atoms with van der Waals surface area (Å²) in [5, 5.41) is 1.43. The van der Waals surface area contributed by atoms with Crippen LogP contribution in [0.2, 0.25) is 0 Å². The van der Waals surface area contributed by atoms with Crippen LogP contribution in [-0.4, -0.2) is 33.6 Å². The van der Waals surface area contributed by atoms with Gasteiger partial charge in [-0.15, -0.1) is 0 Å². The van der Waals surface area contributed by atoms with Crippen LogP contribution >= 0.6 is 0 Å². The molecule has 22 heavy (non-hydrogen) atoms. The molecule has 0 N–H and O–H groups in total. The highest BCUT2D eigenvalue weighted by atomic mass is 16.2. The van der Waals surface area contributed by atoms with Crippen molar-refractivity contribution in [2.24, 2.45) is 17.3 Å². The highest BCUT2D eigenvalue weighted by molar-refractivity contribution is 6.20. The van der Waals surface area contributed by atoms with Crippen LogP contribution in [0.15, 0.2) is 11.6 Å². The summed E-state index contributed by atoms with van der Waals surface area (Å²) in [5.41, 5.74) is -0.203. The van der Waals surface area contributed by atoms with Gasteiger partial charge in [-0.2, -0.15) is 10.0 Å². The lowest BCUT2D eigenvalue weighted by atomic mass is 9.62. The SMILES string of the molecule is CC(=O)N1C(=O)C2(CC=C(C)CC2C(C)C)C(=O)N1C(C)=O. The fourth-order valence-corrected chi connectivity index (χ4v) is 3.61. The van der Waals surface area contributed by atoms with Crippen LogP contribution in [-0.2, 0) is 19.2 Å². The van der Waals surface area contributed by atoms with Crippen molar-refractivity contribution in [3.63, 3.8) is 0 Å². The summed E-state index contributed by atoms with van der Waals surface area (Å²) in [6.45, 7) is 8.26. The van der Waals surface area contributed by atoms with Crippen LogP contribution in [0.4, 0.5) is 0 Å².